The van der Waals surface area contributed by atoms with Crippen LogP contribution in [0.3, 0.4) is 0 Å². The Morgan fingerprint density at radius 3 is 2.48 bits per heavy atom. The third-order valence-electron chi connectivity index (χ3n) is 4.63. The third-order valence-corrected chi connectivity index (χ3v) is 6.45. The Balaban J connectivity index is 1.69. The van der Waals surface area contributed by atoms with Crippen molar-refractivity contribution in [2.24, 2.45) is 0 Å². The van der Waals surface area contributed by atoms with Crippen molar-refractivity contribution in [3.05, 3.63) is 72.5 Å². The number of anilines is 2. The second-order valence-electron chi connectivity index (χ2n) is 6.45. The number of hydrogen-bond acceptors (Lipinski definition) is 4. The summed E-state index contributed by atoms with van der Waals surface area (Å²) in [5.74, 6) is -0.372. The zero-order chi connectivity index (χ0) is 20.6. The minimum atomic E-state index is -3.98. The Hall–Kier alpha value is -3.39. The first kappa shape index (κ1) is 18.9. The lowest BCUT2D eigenvalue weighted by Gasteiger charge is -2.31. The summed E-state index contributed by atoms with van der Waals surface area (Å²) >= 11 is 0. The van der Waals surface area contributed by atoms with Crippen LogP contribution >= 0.6 is 0 Å². The first-order chi connectivity index (χ1) is 13.9. The van der Waals surface area contributed by atoms with Gasteiger partial charge in [-0.25, -0.2) is 12.8 Å². The summed E-state index contributed by atoms with van der Waals surface area (Å²) in [7, 11) is -2.44. The number of nitrogens with one attached hydrogen (secondary N) is 1. The van der Waals surface area contributed by atoms with E-state index in [0.717, 1.165) is 4.31 Å². The van der Waals surface area contributed by atoms with Gasteiger partial charge in [-0.3, -0.25) is 9.10 Å². The van der Waals surface area contributed by atoms with Crippen LogP contribution in [0.25, 0.3) is 11.1 Å². The van der Waals surface area contributed by atoms with Gasteiger partial charge in [0.15, 0.2) is 0 Å². The number of rotatable bonds is 4. The van der Waals surface area contributed by atoms with E-state index in [9.17, 15) is 17.6 Å². The van der Waals surface area contributed by atoms with E-state index in [0.29, 0.717) is 22.6 Å². The lowest BCUT2D eigenvalue weighted by molar-refractivity contribution is -0.114. The lowest BCUT2D eigenvalue weighted by atomic mass is 10.0. The maximum absolute atomic E-state index is 13.9. The summed E-state index contributed by atoms with van der Waals surface area (Å²) in [6, 6.07) is 16.9. The number of carbonyl (C=O) groups is 1. The summed E-state index contributed by atoms with van der Waals surface area (Å²) in [6.07, 6.45) is 0. The first-order valence-corrected chi connectivity index (χ1v) is 10.2. The van der Waals surface area contributed by atoms with Crippen molar-refractivity contribution in [3.8, 4) is 16.9 Å². The molecule has 1 amide bonds. The number of hydrogen-bond donors (Lipinski definition) is 1. The molecule has 1 aliphatic rings. The maximum Gasteiger partial charge on any atom is 0.265 e. The van der Waals surface area contributed by atoms with E-state index in [1.807, 2.05) is 0 Å². The topological polar surface area (TPSA) is 75.7 Å². The van der Waals surface area contributed by atoms with Crippen LogP contribution in [0, 0.1) is 5.82 Å². The molecular weight excluding hydrogens is 395 g/mol. The van der Waals surface area contributed by atoms with Gasteiger partial charge >= 0.3 is 0 Å². The molecule has 0 saturated carbocycles. The third kappa shape index (κ3) is 3.42. The van der Waals surface area contributed by atoms with Crippen LogP contribution in [-0.2, 0) is 14.8 Å². The number of benzene rings is 3. The number of methoxy groups -OCH3 is 1. The molecule has 0 atom stereocenters. The fourth-order valence-electron chi connectivity index (χ4n) is 3.28. The first-order valence-electron chi connectivity index (χ1n) is 8.76. The average Bonchev–Trinajstić information content (AvgIpc) is 2.72. The summed E-state index contributed by atoms with van der Waals surface area (Å²) < 4.78 is 46.3. The van der Waals surface area contributed by atoms with Crippen molar-refractivity contribution in [2.45, 2.75) is 4.90 Å². The van der Waals surface area contributed by atoms with E-state index in [1.165, 1.54) is 31.4 Å². The minimum Gasteiger partial charge on any atom is -0.497 e. The van der Waals surface area contributed by atoms with E-state index in [2.05, 4.69) is 5.32 Å². The molecule has 6 nitrogen and oxygen atoms in total. The molecule has 1 aliphatic heterocycles. The molecule has 0 spiro atoms. The van der Waals surface area contributed by atoms with Crippen LogP contribution in [0.15, 0.2) is 71.6 Å². The van der Waals surface area contributed by atoms with Gasteiger partial charge in [-0.1, -0.05) is 18.2 Å². The minimum absolute atomic E-state index is 0.0374. The van der Waals surface area contributed by atoms with Crippen LogP contribution in [0.2, 0.25) is 0 Å². The highest BCUT2D eigenvalue weighted by Gasteiger charge is 2.36. The van der Waals surface area contributed by atoms with Gasteiger partial charge in [0, 0.05) is 16.8 Å². The lowest BCUT2D eigenvalue weighted by Crippen LogP contribution is -2.40. The van der Waals surface area contributed by atoms with E-state index < -0.39 is 28.3 Å². The van der Waals surface area contributed by atoms with Crippen LogP contribution in [0.4, 0.5) is 15.8 Å². The fraction of sp³-hybridized carbons (Fsp3) is 0.0952. The molecule has 1 N–H and O–H groups in total. The summed E-state index contributed by atoms with van der Waals surface area (Å²) in [6.45, 7) is -0.443. The van der Waals surface area contributed by atoms with Gasteiger partial charge in [-0.05, 0) is 48.5 Å². The van der Waals surface area contributed by atoms with E-state index in [1.54, 1.807) is 42.5 Å². The summed E-state index contributed by atoms with van der Waals surface area (Å²) in [5, 5.41) is 2.67. The van der Waals surface area contributed by atoms with Crippen molar-refractivity contribution in [1.29, 1.82) is 0 Å². The molecule has 29 heavy (non-hydrogen) atoms. The van der Waals surface area contributed by atoms with Crippen LogP contribution < -0.4 is 14.4 Å². The van der Waals surface area contributed by atoms with Gasteiger partial charge < -0.3 is 10.1 Å². The predicted octanol–water partition coefficient (Wildman–Crippen LogP) is 3.65. The molecule has 0 saturated heterocycles. The number of fused-ring (bicyclic) bond motifs is 3. The van der Waals surface area contributed by atoms with Crippen LogP contribution in [0.1, 0.15) is 0 Å². The Kier molecular flexibility index (Phi) is 4.71. The monoisotopic (exact) mass is 412 g/mol. The second kappa shape index (κ2) is 7.21. The van der Waals surface area contributed by atoms with Gasteiger partial charge in [-0.2, -0.15) is 0 Å². The molecule has 8 heteroatoms. The van der Waals surface area contributed by atoms with Crippen molar-refractivity contribution >= 4 is 27.3 Å². The van der Waals surface area contributed by atoms with Crippen LogP contribution in [0.5, 0.6) is 5.75 Å². The summed E-state index contributed by atoms with van der Waals surface area (Å²) in [5.41, 5.74) is 1.60. The average molecular weight is 412 g/mol. The highest BCUT2D eigenvalue weighted by Crippen LogP contribution is 2.43. The van der Waals surface area contributed by atoms with Gasteiger partial charge in [0.25, 0.3) is 10.0 Å². The largest absolute Gasteiger partial charge is 0.497 e. The molecule has 1 heterocycles. The molecule has 0 aromatic heterocycles. The highest BCUT2D eigenvalue weighted by molar-refractivity contribution is 7.93. The molecule has 4 rings (SSSR count). The van der Waals surface area contributed by atoms with E-state index >= 15 is 0 Å². The van der Waals surface area contributed by atoms with Crippen molar-refractivity contribution in [1.82, 2.24) is 0 Å². The van der Waals surface area contributed by atoms with Crippen LogP contribution in [-0.4, -0.2) is 28.0 Å². The fourth-order valence-corrected chi connectivity index (χ4v) is 4.93. The molecule has 0 unspecified atom stereocenters. The zero-order valence-electron chi connectivity index (χ0n) is 15.4. The molecule has 0 radical (unpaired) electrons. The molecular formula is C21H17FN2O4S. The highest BCUT2D eigenvalue weighted by atomic mass is 32.2. The number of nitrogens with zero attached hydrogens (tertiary/aromatic N) is 1. The SMILES string of the molecule is COc1ccc(NC(=O)CN2c3ccc(F)cc3-c3ccccc3S2(=O)=O)cc1. The van der Waals surface area contributed by atoms with Crippen molar-refractivity contribution in [3.63, 3.8) is 0 Å². The molecule has 0 fully saturated rings. The number of carbonyl (C=O) groups excluding carboxylic acids is 1. The van der Waals surface area contributed by atoms with E-state index in [-0.39, 0.29) is 10.6 Å². The van der Waals surface area contributed by atoms with Crippen molar-refractivity contribution in [2.75, 3.05) is 23.3 Å². The Morgan fingerprint density at radius 1 is 1.03 bits per heavy atom. The predicted molar refractivity (Wildman–Crippen MR) is 108 cm³/mol. The molecule has 148 valence electrons. The standard InChI is InChI=1S/C21H17FN2O4S/c1-28-16-9-7-15(8-10-16)23-21(25)13-24-19-11-6-14(22)12-18(19)17-4-2-3-5-20(17)29(24,26)27/h2-12H,13H2,1H3,(H,23,25). The van der Waals surface area contributed by atoms with Gasteiger partial charge in [0.1, 0.15) is 18.1 Å². The maximum atomic E-state index is 13.9. The number of ether oxygens (including phenoxy) is 1. The Bertz CT molecular complexity index is 1190. The Morgan fingerprint density at radius 2 is 1.76 bits per heavy atom. The number of sulfonamides is 1. The molecule has 0 bridgehead atoms. The van der Waals surface area contributed by atoms with Gasteiger partial charge in [0.2, 0.25) is 5.91 Å². The number of halogens is 1. The second-order valence-corrected chi connectivity index (χ2v) is 8.28. The quantitative estimate of drug-likeness (QED) is 0.710. The van der Waals surface area contributed by atoms with E-state index in [4.69, 9.17) is 4.74 Å². The Labute approximate surface area is 167 Å². The smallest absolute Gasteiger partial charge is 0.265 e. The normalized spacial score (nSPS) is 13.9. The molecule has 3 aromatic rings. The zero-order valence-corrected chi connectivity index (χ0v) is 16.2. The van der Waals surface area contributed by atoms with Gasteiger partial charge in [0.05, 0.1) is 17.7 Å². The molecule has 0 aliphatic carbocycles. The number of amides is 1. The summed E-state index contributed by atoms with van der Waals surface area (Å²) in [4.78, 5) is 12.6. The van der Waals surface area contributed by atoms with Crippen molar-refractivity contribution < 1.29 is 22.3 Å². The van der Waals surface area contributed by atoms with Gasteiger partial charge in [-0.15, -0.1) is 0 Å². The molecule has 3 aromatic carbocycles.